The van der Waals surface area contributed by atoms with E-state index in [2.05, 4.69) is 0 Å². The van der Waals surface area contributed by atoms with Crippen LogP contribution in [0.15, 0.2) is 0 Å². The van der Waals surface area contributed by atoms with E-state index in [0.717, 1.165) is 32.1 Å². The van der Waals surface area contributed by atoms with E-state index in [1.165, 1.54) is 6.42 Å². The van der Waals surface area contributed by atoms with Gasteiger partial charge in [0.25, 0.3) is 0 Å². The Hall–Kier alpha value is -1.06. The average molecular weight is 264 g/mol. The number of rotatable bonds is 4. The first-order valence-electron chi connectivity index (χ1n) is 7.31. The molecule has 0 aromatic heterocycles. The lowest BCUT2D eigenvalue weighted by atomic mass is 9.54. The Morgan fingerprint density at radius 3 is 1.79 bits per heavy atom. The van der Waals surface area contributed by atoms with Gasteiger partial charge in [0.15, 0.2) is 0 Å². The fourth-order valence-electron chi connectivity index (χ4n) is 6.89. The molecule has 0 saturated heterocycles. The first-order valence-corrected chi connectivity index (χ1v) is 7.31. The first kappa shape index (κ1) is 11.7. The predicted molar refractivity (Wildman–Crippen MR) is 66.5 cm³/mol. The van der Waals surface area contributed by atoms with Gasteiger partial charge in [-0.15, -0.1) is 0 Å². The van der Waals surface area contributed by atoms with Crippen molar-refractivity contribution in [1.29, 1.82) is 0 Å². The molecule has 4 atom stereocenters. The number of hydrogen-bond donors (Lipinski definition) is 2. The van der Waals surface area contributed by atoms with Gasteiger partial charge in [0.1, 0.15) is 0 Å². The minimum absolute atomic E-state index is 0.0878. The highest BCUT2D eigenvalue weighted by Gasteiger charge is 2.74. The van der Waals surface area contributed by atoms with Crippen LogP contribution in [0.1, 0.15) is 51.4 Å². The Bertz CT molecular complexity index is 443. The zero-order valence-electron chi connectivity index (χ0n) is 11.0. The Morgan fingerprint density at radius 1 is 0.895 bits per heavy atom. The summed E-state index contributed by atoms with van der Waals surface area (Å²) in [6.45, 7) is 0. The lowest BCUT2D eigenvalue weighted by molar-refractivity contribution is -0.142. The molecule has 4 aliphatic carbocycles. The Kier molecular flexibility index (Phi) is 1.95. The molecular formula is C15H20O4. The van der Waals surface area contributed by atoms with E-state index in [4.69, 9.17) is 0 Å². The normalized spacial score (nSPS) is 52.8. The van der Waals surface area contributed by atoms with E-state index in [1.54, 1.807) is 0 Å². The van der Waals surface area contributed by atoms with Crippen LogP contribution in [0.4, 0.5) is 0 Å². The highest BCUT2D eigenvalue weighted by molar-refractivity contribution is 5.69. The average Bonchev–Trinajstić information content (AvgIpc) is 2.50. The summed E-state index contributed by atoms with van der Waals surface area (Å²) in [5.41, 5.74) is 0.161. The molecule has 0 aromatic rings. The van der Waals surface area contributed by atoms with Gasteiger partial charge >= 0.3 is 11.9 Å². The van der Waals surface area contributed by atoms with Crippen molar-refractivity contribution in [3.8, 4) is 0 Å². The molecule has 4 unspecified atom stereocenters. The van der Waals surface area contributed by atoms with Crippen molar-refractivity contribution in [2.24, 2.45) is 28.1 Å². The van der Waals surface area contributed by atoms with Gasteiger partial charge in [-0.2, -0.15) is 0 Å². The molecule has 4 nitrogen and oxygen atoms in total. The summed E-state index contributed by atoms with van der Waals surface area (Å²) in [6, 6.07) is 0. The van der Waals surface area contributed by atoms with Crippen molar-refractivity contribution in [1.82, 2.24) is 0 Å². The van der Waals surface area contributed by atoms with Gasteiger partial charge in [0.2, 0.25) is 0 Å². The van der Waals surface area contributed by atoms with E-state index >= 15 is 0 Å². The van der Waals surface area contributed by atoms with Crippen molar-refractivity contribution in [2.75, 3.05) is 0 Å². The lowest BCUT2D eigenvalue weighted by Crippen LogP contribution is -2.42. The van der Waals surface area contributed by atoms with E-state index < -0.39 is 11.9 Å². The van der Waals surface area contributed by atoms with Gasteiger partial charge in [-0.25, -0.2) is 0 Å². The third kappa shape index (κ3) is 1.35. The third-order valence-corrected chi connectivity index (χ3v) is 6.76. The van der Waals surface area contributed by atoms with Crippen LogP contribution in [0.3, 0.4) is 0 Å². The molecule has 0 heterocycles. The zero-order chi connectivity index (χ0) is 13.5. The number of aliphatic carboxylic acids is 2. The van der Waals surface area contributed by atoms with Crippen LogP contribution >= 0.6 is 0 Å². The van der Waals surface area contributed by atoms with E-state index in [1.807, 2.05) is 0 Å². The molecular weight excluding hydrogens is 244 g/mol. The molecule has 4 aliphatic rings. The van der Waals surface area contributed by atoms with Gasteiger partial charge in [-0.1, -0.05) is 0 Å². The van der Waals surface area contributed by atoms with Crippen LogP contribution in [0.5, 0.6) is 0 Å². The number of carboxylic acid groups (broad SMARTS) is 2. The largest absolute Gasteiger partial charge is 0.481 e. The fourth-order valence-corrected chi connectivity index (χ4v) is 6.89. The maximum absolute atomic E-state index is 11.2. The molecule has 4 rings (SSSR count). The topological polar surface area (TPSA) is 74.6 Å². The molecule has 0 aliphatic heterocycles. The molecule has 1 spiro atoms. The second kappa shape index (κ2) is 3.15. The summed E-state index contributed by atoms with van der Waals surface area (Å²) in [5, 5.41) is 18.4. The summed E-state index contributed by atoms with van der Waals surface area (Å²) in [5.74, 6) is -0.0351. The van der Waals surface area contributed by atoms with Gasteiger partial charge in [-0.05, 0) is 66.6 Å². The Balaban J connectivity index is 1.71. The standard InChI is InChI=1S/C15H20O4/c16-11(17)4-13-2-9-1-10-3-14(6-13,5-12(18)19)8-15(9,10)7-13/h9-10H,1-8H2,(H,16,17)(H,18,19). The molecule has 104 valence electrons. The second-order valence-electron chi connectivity index (χ2n) is 7.94. The van der Waals surface area contributed by atoms with Crippen molar-refractivity contribution in [3.63, 3.8) is 0 Å². The molecule has 0 amide bonds. The molecule has 19 heavy (non-hydrogen) atoms. The zero-order valence-corrected chi connectivity index (χ0v) is 11.0. The fraction of sp³-hybridized carbons (Fsp3) is 0.867. The summed E-state index contributed by atoms with van der Waals surface area (Å²) in [6.07, 6.45) is 6.76. The highest BCUT2D eigenvalue weighted by atomic mass is 16.4. The minimum atomic E-state index is -0.707. The number of hydrogen-bond acceptors (Lipinski definition) is 2. The third-order valence-electron chi connectivity index (χ3n) is 6.76. The van der Waals surface area contributed by atoms with Crippen LogP contribution in [0.2, 0.25) is 0 Å². The molecule has 0 radical (unpaired) electrons. The van der Waals surface area contributed by atoms with Crippen LogP contribution in [-0.2, 0) is 9.59 Å². The van der Waals surface area contributed by atoms with Crippen molar-refractivity contribution >= 4 is 11.9 Å². The molecule has 0 aromatic carbocycles. The molecule has 4 heteroatoms. The van der Waals surface area contributed by atoms with Crippen molar-refractivity contribution < 1.29 is 19.8 Å². The van der Waals surface area contributed by atoms with Gasteiger partial charge in [-0.3, -0.25) is 9.59 Å². The van der Waals surface area contributed by atoms with Crippen LogP contribution in [-0.4, -0.2) is 22.2 Å². The smallest absolute Gasteiger partial charge is 0.303 e. The van der Waals surface area contributed by atoms with Crippen molar-refractivity contribution in [3.05, 3.63) is 0 Å². The Morgan fingerprint density at radius 2 is 1.37 bits per heavy atom. The van der Waals surface area contributed by atoms with Gasteiger partial charge < -0.3 is 10.2 Å². The summed E-state index contributed by atoms with van der Waals surface area (Å²) < 4.78 is 0. The van der Waals surface area contributed by atoms with Gasteiger partial charge in [0, 0.05) is 0 Å². The monoisotopic (exact) mass is 264 g/mol. The SMILES string of the molecule is O=C(O)CC12CC3CC4CC(CC(=O)O)(C1)CC34C2. The second-order valence-corrected chi connectivity index (χ2v) is 7.94. The number of fused-ring (bicyclic) bond motifs is 2. The molecule has 2 N–H and O–H groups in total. The quantitative estimate of drug-likeness (QED) is 0.818. The summed E-state index contributed by atoms with van der Waals surface area (Å²) >= 11 is 0. The molecule has 4 fully saturated rings. The van der Waals surface area contributed by atoms with Crippen molar-refractivity contribution in [2.45, 2.75) is 51.4 Å². The van der Waals surface area contributed by atoms with Crippen LogP contribution in [0.25, 0.3) is 0 Å². The van der Waals surface area contributed by atoms with Crippen LogP contribution < -0.4 is 0 Å². The Labute approximate surface area is 112 Å². The van der Waals surface area contributed by atoms with E-state index in [-0.39, 0.29) is 23.7 Å². The minimum Gasteiger partial charge on any atom is -0.481 e. The number of carbonyl (C=O) groups is 2. The maximum atomic E-state index is 11.2. The van der Waals surface area contributed by atoms with E-state index in [0.29, 0.717) is 17.3 Å². The first-order chi connectivity index (χ1) is 8.87. The number of carboxylic acids is 2. The van der Waals surface area contributed by atoms with Gasteiger partial charge in [0.05, 0.1) is 12.8 Å². The molecule has 4 saturated carbocycles. The van der Waals surface area contributed by atoms with E-state index in [9.17, 15) is 19.8 Å². The molecule has 3 bridgehead atoms. The van der Waals surface area contributed by atoms with Crippen LogP contribution in [0, 0.1) is 28.1 Å². The summed E-state index contributed by atoms with van der Waals surface area (Å²) in [7, 11) is 0. The summed E-state index contributed by atoms with van der Waals surface area (Å²) in [4.78, 5) is 22.4. The maximum Gasteiger partial charge on any atom is 0.303 e. The predicted octanol–water partition coefficient (Wildman–Crippen LogP) is 2.52. The highest BCUT2D eigenvalue weighted by Crippen LogP contribution is 2.83. The lowest BCUT2D eigenvalue weighted by Gasteiger charge is -2.50.